The van der Waals surface area contributed by atoms with E-state index in [0.717, 1.165) is 30.0 Å². The van der Waals surface area contributed by atoms with Crippen LogP contribution in [0.4, 0.5) is 0 Å². The van der Waals surface area contributed by atoms with Crippen LogP contribution in [-0.2, 0) is 0 Å². The standard InChI is InChI=1S/C10H14N2OS/c1-7-4-9-10(13)11-5-8(2-3-14)12(9)6-7/h4,6,8,14H,2-3,5H2,1H3,(H,11,13). The van der Waals surface area contributed by atoms with Gasteiger partial charge in [-0.15, -0.1) is 0 Å². The van der Waals surface area contributed by atoms with Crippen LogP contribution < -0.4 is 5.32 Å². The number of amides is 1. The average Bonchev–Trinajstić information content (AvgIpc) is 2.53. The van der Waals surface area contributed by atoms with Gasteiger partial charge in [-0.05, 0) is 30.7 Å². The molecule has 4 heteroatoms. The maximum Gasteiger partial charge on any atom is 0.267 e. The summed E-state index contributed by atoms with van der Waals surface area (Å²) in [6, 6.07) is 2.30. The molecule has 3 nitrogen and oxygen atoms in total. The van der Waals surface area contributed by atoms with Crippen LogP contribution in [0.25, 0.3) is 0 Å². The van der Waals surface area contributed by atoms with Gasteiger partial charge in [0.25, 0.3) is 5.91 Å². The van der Waals surface area contributed by atoms with Crippen molar-refractivity contribution < 1.29 is 4.79 Å². The first-order valence-corrected chi connectivity index (χ1v) is 5.43. The van der Waals surface area contributed by atoms with Gasteiger partial charge in [0, 0.05) is 12.7 Å². The number of nitrogens with one attached hydrogen (secondary N) is 1. The number of aryl methyl sites for hydroxylation is 1. The molecule has 1 aliphatic rings. The van der Waals surface area contributed by atoms with Crippen molar-refractivity contribution in [2.75, 3.05) is 12.3 Å². The van der Waals surface area contributed by atoms with Crippen molar-refractivity contribution in [2.45, 2.75) is 19.4 Å². The molecule has 0 saturated carbocycles. The Morgan fingerprint density at radius 1 is 1.71 bits per heavy atom. The average molecular weight is 210 g/mol. The van der Waals surface area contributed by atoms with E-state index in [1.165, 1.54) is 0 Å². The highest BCUT2D eigenvalue weighted by atomic mass is 32.1. The summed E-state index contributed by atoms with van der Waals surface area (Å²) < 4.78 is 2.07. The zero-order chi connectivity index (χ0) is 10.1. The Kier molecular flexibility index (Phi) is 2.54. The third kappa shape index (κ3) is 1.54. The molecule has 1 aromatic rings. The Morgan fingerprint density at radius 2 is 2.50 bits per heavy atom. The van der Waals surface area contributed by atoms with Gasteiger partial charge in [-0.25, -0.2) is 0 Å². The molecule has 2 rings (SSSR count). The van der Waals surface area contributed by atoms with Crippen LogP contribution in [0.15, 0.2) is 12.3 Å². The molecule has 76 valence electrons. The molecule has 0 saturated heterocycles. The van der Waals surface area contributed by atoms with Crippen LogP contribution in [0.3, 0.4) is 0 Å². The van der Waals surface area contributed by atoms with Gasteiger partial charge in [0.2, 0.25) is 0 Å². The zero-order valence-corrected chi connectivity index (χ0v) is 9.05. The summed E-state index contributed by atoms with van der Waals surface area (Å²) in [6.07, 6.45) is 3.03. The molecule has 0 bridgehead atoms. The molecule has 0 aliphatic carbocycles. The summed E-state index contributed by atoms with van der Waals surface area (Å²) in [5.41, 5.74) is 1.92. The zero-order valence-electron chi connectivity index (χ0n) is 8.16. The molecule has 14 heavy (non-hydrogen) atoms. The molecule has 1 aromatic heterocycles. The van der Waals surface area contributed by atoms with Crippen LogP contribution in [0.2, 0.25) is 0 Å². The van der Waals surface area contributed by atoms with E-state index in [9.17, 15) is 4.79 Å². The fourth-order valence-electron chi connectivity index (χ4n) is 1.89. The Morgan fingerprint density at radius 3 is 3.21 bits per heavy atom. The van der Waals surface area contributed by atoms with Crippen molar-refractivity contribution in [1.29, 1.82) is 0 Å². The molecular formula is C10H14N2OS. The van der Waals surface area contributed by atoms with E-state index in [1.807, 2.05) is 19.2 Å². The summed E-state index contributed by atoms with van der Waals surface area (Å²) in [4.78, 5) is 11.5. The normalized spacial score (nSPS) is 20.4. The highest BCUT2D eigenvalue weighted by Crippen LogP contribution is 2.21. The van der Waals surface area contributed by atoms with Gasteiger partial charge in [0.1, 0.15) is 5.69 Å². The molecule has 1 amide bonds. The van der Waals surface area contributed by atoms with E-state index in [-0.39, 0.29) is 5.91 Å². The first-order chi connectivity index (χ1) is 6.72. The Hall–Kier alpha value is -0.900. The minimum absolute atomic E-state index is 0.0357. The summed E-state index contributed by atoms with van der Waals surface area (Å²) in [5, 5.41) is 2.89. The van der Waals surface area contributed by atoms with Crippen molar-refractivity contribution in [3.05, 3.63) is 23.5 Å². The van der Waals surface area contributed by atoms with Gasteiger partial charge in [-0.3, -0.25) is 4.79 Å². The maximum absolute atomic E-state index is 11.5. The molecule has 1 unspecified atom stereocenters. The van der Waals surface area contributed by atoms with E-state index >= 15 is 0 Å². The number of hydrogen-bond donors (Lipinski definition) is 2. The molecule has 2 heterocycles. The molecule has 0 spiro atoms. The summed E-state index contributed by atoms with van der Waals surface area (Å²) in [7, 11) is 0. The summed E-state index contributed by atoms with van der Waals surface area (Å²) >= 11 is 4.23. The lowest BCUT2D eigenvalue weighted by Gasteiger charge is -2.25. The molecule has 1 N–H and O–H groups in total. The first kappa shape index (κ1) is 9.65. The monoisotopic (exact) mass is 210 g/mol. The number of hydrogen-bond acceptors (Lipinski definition) is 2. The molecule has 0 fully saturated rings. The summed E-state index contributed by atoms with van der Waals surface area (Å²) in [6.45, 7) is 2.73. The quantitative estimate of drug-likeness (QED) is 0.711. The predicted octanol–water partition coefficient (Wildman–Crippen LogP) is 1.40. The molecular weight excluding hydrogens is 196 g/mol. The first-order valence-electron chi connectivity index (χ1n) is 4.80. The Balaban J connectivity index is 2.36. The van der Waals surface area contributed by atoms with Gasteiger partial charge < -0.3 is 9.88 Å². The van der Waals surface area contributed by atoms with E-state index in [2.05, 4.69) is 22.5 Å². The summed E-state index contributed by atoms with van der Waals surface area (Å²) in [5.74, 6) is 0.880. The van der Waals surface area contributed by atoms with E-state index in [1.54, 1.807) is 0 Å². The second-order valence-electron chi connectivity index (χ2n) is 3.69. The molecule has 1 aliphatic heterocycles. The van der Waals surface area contributed by atoms with Crippen molar-refractivity contribution in [2.24, 2.45) is 0 Å². The maximum atomic E-state index is 11.5. The fraction of sp³-hybridized carbons (Fsp3) is 0.500. The van der Waals surface area contributed by atoms with Crippen LogP contribution in [0.5, 0.6) is 0 Å². The largest absolute Gasteiger partial charge is 0.349 e. The van der Waals surface area contributed by atoms with E-state index < -0.39 is 0 Å². The number of fused-ring (bicyclic) bond motifs is 1. The molecule has 0 aromatic carbocycles. The highest BCUT2D eigenvalue weighted by Gasteiger charge is 2.23. The third-order valence-corrected chi connectivity index (χ3v) is 2.83. The van der Waals surface area contributed by atoms with Gasteiger partial charge >= 0.3 is 0 Å². The van der Waals surface area contributed by atoms with Crippen molar-refractivity contribution in [3.8, 4) is 0 Å². The lowest BCUT2D eigenvalue weighted by molar-refractivity contribution is 0.0914. The van der Waals surface area contributed by atoms with E-state index in [4.69, 9.17) is 0 Å². The Bertz CT molecular complexity index is 359. The fourth-order valence-corrected chi connectivity index (χ4v) is 2.19. The molecule has 0 radical (unpaired) electrons. The number of thiol groups is 1. The van der Waals surface area contributed by atoms with Crippen LogP contribution in [-0.4, -0.2) is 22.8 Å². The SMILES string of the molecule is Cc1cc2n(c1)C(CCS)CNC2=O. The highest BCUT2D eigenvalue weighted by molar-refractivity contribution is 7.80. The second-order valence-corrected chi connectivity index (χ2v) is 4.13. The number of nitrogens with zero attached hydrogens (tertiary/aromatic N) is 1. The van der Waals surface area contributed by atoms with Crippen LogP contribution in [0, 0.1) is 6.92 Å². The van der Waals surface area contributed by atoms with Crippen LogP contribution >= 0.6 is 12.6 Å². The topological polar surface area (TPSA) is 34.0 Å². The Labute approximate surface area is 88.9 Å². The minimum atomic E-state index is 0.0357. The van der Waals surface area contributed by atoms with Crippen molar-refractivity contribution >= 4 is 18.5 Å². The molecule has 1 atom stereocenters. The number of carbonyl (C=O) groups is 1. The third-order valence-electron chi connectivity index (χ3n) is 2.57. The van der Waals surface area contributed by atoms with Gasteiger partial charge in [-0.2, -0.15) is 12.6 Å². The van der Waals surface area contributed by atoms with E-state index in [0.29, 0.717) is 6.04 Å². The predicted molar refractivity (Wildman–Crippen MR) is 59.0 cm³/mol. The van der Waals surface area contributed by atoms with Gasteiger partial charge in [0.05, 0.1) is 6.04 Å². The number of aromatic nitrogens is 1. The van der Waals surface area contributed by atoms with Crippen molar-refractivity contribution in [3.63, 3.8) is 0 Å². The minimum Gasteiger partial charge on any atom is -0.349 e. The van der Waals surface area contributed by atoms with Gasteiger partial charge in [0.15, 0.2) is 0 Å². The number of carbonyl (C=O) groups excluding carboxylic acids is 1. The van der Waals surface area contributed by atoms with Crippen molar-refractivity contribution in [1.82, 2.24) is 9.88 Å². The van der Waals surface area contributed by atoms with Gasteiger partial charge in [-0.1, -0.05) is 0 Å². The lowest BCUT2D eigenvalue weighted by atomic mass is 10.1. The second kappa shape index (κ2) is 3.69. The number of rotatable bonds is 2. The smallest absolute Gasteiger partial charge is 0.267 e. The van der Waals surface area contributed by atoms with Crippen LogP contribution in [0.1, 0.15) is 28.5 Å². The lowest BCUT2D eigenvalue weighted by Crippen LogP contribution is -2.38.